The van der Waals surface area contributed by atoms with Gasteiger partial charge in [-0.15, -0.1) is 0 Å². The van der Waals surface area contributed by atoms with E-state index in [0.717, 1.165) is 44.5 Å². The first-order chi connectivity index (χ1) is 11.7. The Morgan fingerprint density at radius 2 is 2.00 bits per heavy atom. The molecular formula is C19H29NO4. The lowest BCUT2D eigenvalue weighted by Gasteiger charge is -2.43. The third kappa shape index (κ3) is 3.59. The number of hydrogen-bond acceptors (Lipinski definition) is 5. The zero-order chi connectivity index (χ0) is 17.0. The molecule has 1 aromatic carbocycles. The van der Waals surface area contributed by atoms with E-state index >= 15 is 0 Å². The van der Waals surface area contributed by atoms with Crippen molar-refractivity contribution in [3.05, 3.63) is 29.8 Å². The lowest BCUT2D eigenvalue weighted by atomic mass is 9.79. The third-order valence-corrected chi connectivity index (χ3v) is 5.64. The summed E-state index contributed by atoms with van der Waals surface area (Å²) < 4.78 is 17.0. The van der Waals surface area contributed by atoms with Gasteiger partial charge in [0.2, 0.25) is 0 Å². The quantitative estimate of drug-likeness (QED) is 0.828. The largest absolute Gasteiger partial charge is 0.497 e. The van der Waals surface area contributed by atoms with Crippen LogP contribution in [0.25, 0.3) is 0 Å². The molecule has 1 saturated carbocycles. The Morgan fingerprint density at radius 1 is 1.21 bits per heavy atom. The molecule has 0 radical (unpaired) electrons. The van der Waals surface area contributed by atoms with Crippen LogP contribution in [-0.4, -0.2) is 61.7 Å². The van der Waals surface area contributed by atoms with Gasteiger partial charge in [-0.3, -0.25) is 4.90 Å². The van der Waals surface area contributed by atoms with Crippen LogP contribution in [0.5, 0.6) is 5.75 Å². The van der Waals surface area contributed by atoms with E-state index in [1.807, 2.05) is 19.2 Å². The lowest BCUT2D eigenvalue weighted by molar-refractivity contribution is -0.104. The molecule has 2 aliphatic rings. The molecule has 0 unspecified atom stereocenters. The van der Waals surface area contributed by atoms with E-state index in [4.69, 9.17) is 19.3 Å². The molecule has 0 bridgehead atoms. The fourth-order valence-corrected chi connectivity index (χ4v) is 4.28. The summed E-state index contributed by atoms with van der Waals surface area (Å²) >= 11 is 0. The van der Waals surface area contributed by atoms with Gasteiger partial charge in [0.25, 0.3) is 0 Å². The van der Waals surface area contributed by atoms with E-state index in [2.05, 4.69) is 17.0 Å². The summed E-state index contributed by atoms with van der Waals surface area (Å²) in [5.74, 6) is 0.890. The van der Waals surface area contributed by atoms with Crippen molar-refractivity contribution in [1.82, 2.24) is 4.90 Å². The molecule has 2 fully saturated rings. The number of aliphatic hydroxyl groups is 1. The van der Waals surface area contributed by atoms with Gasteiger partial charge in [0.15, 0.2) is 0 Å². The summed E-state index contributed by atoms with van der Waals surface area (Å²) in [5.41, 5.74) is 1.26. The molecule has 3 atom stereocenters. The van der Waals surface area contributed by atoms with Crippen LogP contribution in [0.4, 0.5) is 0 Å². The van der Waals surface area contributed by atoms with Crippen molar-refractivity contribution in [2.75, 3.05) is 34.0 Å². The molecular weight excluding hydrogens is 306 g/mol. The number of aliphatic hydroxyl groups excluding tert-OH is 1. The van der Waals surface area contributed by atoms with Gasteiger partial charge in [0.05, 0.1) is 32.0 Å². The van der Waals surface area contributed by atoms with Crippen LogP contribution in [0.1, 0.15) is 31.2 Å². The fraction of sp³-hybridized carbons (Fsp3) is 0.684. The molecule has 0 spiro atoms. The first-order valence-corrected chi connectivity index (χ1v) is 8.85. The number of methoxy groups -OCH3 is 2. The van der Waals surface area contributed by atoms with E-state index in [0.29, 0.717) is 12.6 Å². The Kier molecular flexibility index (Phi) is 5.76. The van der Waals surface area contributed by atoms with Crippen LogP contribution < -0.4 is 4.74 Å². The van der Waals surface area contributed by atoms with Gasteiger partial charge in [-0.25, -0.2) is 0 Å². The summed E-state index contributed by atoms with van der Waals surface area (Å²) in [7, 11) is 3.54. The first kappa shape index (κ1) is 17.7. The summed E-state index contributed by atoms with van der Waals surface area (Å²) in [6.07, 6.45) is 4.33. The van der Waals surface area contributed by atoms with E-state index in [1.165, 1.54) is 5.56 Å². The van der Waals surface area contributed by atoms with Gasteiger partial charge in [-0.05, 0) is 43.4 Å². The number of benzene rings is 1. The predicted octanol–water partition coefficient (Wildman–Crippen LogP) is 2.22. The Labute approximate surface area is 144 Å². The minimum atomic E-state index is -0.0362. The zero-order valence-corrected chi connectivity index (χ0v) is 14.7. The molecule has 1 N–H and O–H groups in total. The highest BCUT2D eigenvalue weighted by Gasteiger charge is 2.51. The second kappa shape index (κ2) is 7.83. The second-order valence-corrected chi connectivity index (χ2v) is 6.84. The smallest absolute Gasteiger partial charge is 0.118 e. The fourth-order valence-electron chi connectivity index (χ4n) is 4.28. The maximum atomic E-state index is 9.00. The minimum absolute atomic E-state index is 0.0362. The van der Waals surface area contributed by atoms with Crippen LogP contribution in [-0.2, 0) is 16.0 Å². The summed E-state index contributed by atoms with van der Waals surface area (Å²) in [6.45, 7) is 2.49. The Morgan fingerprint density at radius 3 is 2.67 bits per heavy atom. The summed E-state index contributed by atoms with van der Waals surface area (Å²) in [6, 6.07) is 8.68. The average Bonchev–Trinajstić information content (AvgIpc) is 2.99. The first-order valence-electron chi connectivity index (χ1n) is 8.85. The molecule has 0 aromatic heterocycles. The monoisotopic (exact) mass is 335 g/mol. The van der Waals surface area contributed by atoms with E-state index < -0.39 is 0 Å². The van der Waals surface area contributed by atoms with Crippen molar-refractivity contribution in [2.45, 2.75) is 50.0 Å². The van der Waals surface area contributed by atoms with E-state index in [1.54, 1.807) is 7.11 Å². The van der Waals surface area contributed by atoms with Gasteiger partial charge in [-0.1, -0.05) is 12.1 Å². The molecule has 5 heteroatoms. The minimum Gasteiger partial charge on any atom is -0.497 e. The molecule has 0 amide bonds. The van der Waals surface area contributed by atoms with Gasteiger partial charge in [0, 0.05) is 26.2 Å². The maximum absolute atomic E-state index is 9.00. The van der Waals surface area contributed by atoms with Crippen molar-refractivity contribution >= 4 is 0 Å². The van der Waals surface area contributed by atoms with Crippen LogP contribution in [0.2, 0.25) is 0 Å². The highest BCUT2D eigenvalue weighted by Crippen LogP contribution is 2.43. The number of ether oxygens (including phenoxy) is 3. The molecule has 134 valence electrons. The molecule has 1 aliphatic carbocycles. The standard InChI is InChI=1S/C19H29NO4/c1-22-16-5-3-15(4-6-16)14-20-10-9-19(23-2)8-7-17(13-18(19)20)24-12-11-21/h3-6,17-18,21H,7-14H2,1-2H3/t17-,18+,19-/m1/s1. The lowest BCUT2D eigenvalue weighted by Crippen LogP contribution is -2.51. The number of likely N-dealkylation sites (tertiary alicyclic amines) is 1. The molecule has 1 aliphatic heterocycles. The molecule has 1 aromatic rings. The summed E-state index contributed by atoms with van der Waals surface area (Å²) in [5, 5.41) is 9.00. The average molecular weight is 335 g/mol. The number of hydrogen-bond donors (Lipinski definition) is 1. The van der Waals surface area contributed by atoms with Gasteiger partial charge in [-0.2, -0.15) is 0 Å². The molecule has 3 rings (SSSR count). The number of nitrogens with zero attached hydrogens (tertiary/aromatic N) is 1. The van der Waals surface area contributed by atoms with Gasteiger partial charge < -0.3 is 19.3 Å². The molecule has 24 heavy (non-hydrogen) atoms. The topological polar surface area (TPSA) is 51.2 Å². The van der Waals surface area contributed by atoms with Crippen LogP contribution in [0.3, 0.4) is 0 Å². The zero-order valence-electron chi connectivity index (χ0n) is 14.7. The third-order valence-electron chi connectivity index (χ3n) is 5.64. The highest BCUT2D eigenvalue weighted by molar-refractivity contribution is 5.27. The van der Waals surface area contributed by atoms with E-state index in [-0.39, 0.29) is 18.3 Å². The van der Waals surface area contributed by atoms with Crippen molar-refractivity contribution in [3.8, 4) is 5.75 Å². The van der Waals surface area contributed by atoms with Crippen molar-refractivity contribution < 1.29 is 19.3 Å². The predicted molar refractivity (Wildman–Crippen MR) is 92.2 cm³/mol. The van der Waals surface area contributed by atoms with Crippen molar-refractivity contribution in [1.29, 1.82) is 0 Å². The molecule has 5 nitrogen and oxygen atoms in total. The Bertz CT molecular complexity index is 521. The van der Waals surface area contributed by atoms with Gasteiger partial charge in [0.1, 0.15) is 5.75 Å². The normalized spacial score (nSPS) is 30.3. The SMILES string of the molecule is COc1ccc(CN2CC[C@]3(OC)CC[C@@H](OCCO)C[C@H]23)cc1. The Hall–Kier alpha value is -1.14. The Balaban J connectivity index is 1.68. The van der Waals surface area contributed by atoms with Crippen LogP contribution >= 0.6 is 0 Å². The van der Waals surface area contributed by atoms with Crippen molar-refractivity contribution in [2.24, 2.45) is 0 Å². The van der Waals surface area contributed by atoms with Crippen LogP contribution in [0.15, 0.2) is 24.3 Å². The summed E-state index contributed by atoms with van der Waals surface area (Å²) in [4.78, 5) is 2.53. The molecule has 1 saturated heterocycles. The number of rotatable bonds is 7. The van der Waals surface area contributed by atoms with Gasteiger partial charge >= 0.3 is 0 Å². The van der Waals surface area contributed by atoms with Crippen LogP contribution in [0, 0.1) is 0 Å². The number of fused-ring (bicyclic) bond motifs is 1. The molecule has 1 heterocycles. The second-order valence-electron chi connectivity index (χ2n) is 6.84. The van der Waals surface area contributed by atoms with E-state index in [9.17, 15) is 0 Å². The van der Waals surface area contributed by atoms with Crippen molar-refractivity contribution in [3.63, 3.8) is 0 Å². The highest BCUT2D eigenvalue weighted by atomic mass is 16.5. The maximum Gasteiger partial charge on any atom is 0.118 e.